The molecule has 2 amide bonds. The molecule has 4 atom stereocenters. The van der Waals surface area contributed by atoms with E-state index in [1.807, 2.05) is 0 Å². The maximum Gasteiger partial charge on any atom is 0.342 e. The number of aliphatic hydroxyl groups excluding tert-OH is 1. The normalized spacial score (nSPS) is 33.5. The molecule has 1 heterocycles. The van der Waals surface area contributed by atoms with Gasteiger partial charge in [0.05, 0.1) is 17.9 Å². The highest BCUT2D eigenvalue weighted by Crippen LogP contribution is 2.28. The van der Waals surface area contributed by atoms with Gasteiger partial charge in [-0.15, -0.1) is 16.5 Å². The van der Waals surface area contributed by atoms with Gasteiger partial charge in [-0.2, -0.15) is 5.01 Å². The van der Waals surface area contributed by atoms with Gasteiger partial charge in [-0.1, -0.05) is 0 Å². The van der Waals surface area contributed by atoms with Crippen molar-refractivity contribution in [1.29, 1.82) is 0 Å². The molecule has 20 heavy (non-hydrogen) atoms. The van der Waals surface area contributed by atoms with Gasteiger partial charge in [0, 0.05) is 19.4 Å². The van der Waals surface area contributed by atoms with E-state index < -0.39 is 30.3 Å². The number of nitrogens with zero attached hydrogens (tertiary/aromatic N) is 2. The number of hydrogen-bond acceptors (Lipinski definition) is 7. The van der Waals surface area contributed by atoms with Crippen molar-refractivity contribution >= 4 is 17.6 Å². The number of methoxy groups -OCH3 is 1. The van der Waals surface area contributed by atoms with E-state index in [4.69, 9.17) is 21.1 Å². The summed E-state index contributed by atoms with van der Waals surface area (Å²) in [6.07, 6.45) is -3.16. The number of aliphatic hydroxyl groups is 2. The van der Waals surface area contributed by atoms with E-state index >= 15 is 0 Å². The first-order valence-electron chi connectivity index (χ1n) is 5.95. The van der Waals surface area contributed by atoms with Crippen LogP contribution in [0.15, 0.2) is 5.29 Å². The Bertz CT molecular complexity index is 360. The molecule has 0 aromatic heterocycles. The van der Waals surface area contributed by atoms with Gasteiger partial charge in [0.2, 0.25) is 0 Å². The summed E-state index contributed by atoms with van der Waals surface area (Å²) in [6.45, 7) is 1.39. The fourth-order valence-electron chi connectivity index (χ4n) is 1.90. The standard InChI is InChI=1S/C10H18ClN3O6/c1-6-8(15)10(17,5-7(19-2)20-6)12-9(16)14(13-18)4-3-11/h6-8,15,17H,3-5H2,1-2H3,(H,12,16)/t6-,7-,8-,10-/m1/s1. The van der Waals surface area contributed by atoms with Crippen LogP contribution in [0.5, 0.6) is 0 Å². The zero-order valence-corrected chi connectivity index (χ0v) is 11.9. The number of carbonyl (C=O) groups is 1. The first-order valence-corrected chi connectivity index (χ1v) is 6.49. The molecule has 0 spiro atoms. The van der Waals surface area contributed by atoms with Gasteiger partial charge >= 0.3 is 6.03 Å². The molecule has 9 nitrogen and oxygen atoms in total. The van der Waals surface area contributed by atoms with Crippen molar-refractivity contribution in [3.63, 3.8) is 0 Å². The number of hydrogen-bond donors (Lipinski definition) is 3. The molecule has 116 valence electrons. The van der Waals surface area contributed by atoms with Crippen molar-refractivity contribution in [2.45, 2.75) is 37.6 Å². The van der Waals surface area contributed by atoms with E-state index in [0.717, 1.165) is 0 Å². The monoisotopic (exact) mass is 311 g/mol. The van der Waals surface area contributed by atoms with Crippen molar-refractivity contribution in [2.75, 3.05) is 19.5 Å². The fraction of sp³-hybridized carbons (Fsp3) is 0.900. The Morgan fingerprint density at radius 2 is 2.35 bits per heavy atom. The number of amides is 2. The second-order valence-corrected chi connectivity index (χ2v) is 4.78. The molecule has 0 radical (unpaired) electrons. The van der Waals surface area contributed by atoms with Gasteiger partial charge in [0.25, 0.3) is 0 Å². The van der Waals surface area contributed by atoms with Gasteiger partial charge in [0.15, 0.2) is 12.0 Å². The Hall–Kier alpha value is -1.00. The molecule has 10 heteroatoms. The van der Waals surface area contributed by atoms with Gasteiger partial charge in [-0.05, 0) is 6.92 Å². The molecular weight excluding hydrogens is 294 g/mol. The first kappa shape index (κ1) is 17.1. The minimum Gasteiger partial charge on any atom is -0.385 e. The molecule has 0 unspecified atom stereocenters. The molecule has 1 aliphatic rings. The number of nitrogens with one attached hydrogen (secondary N) is 1. The van der Waals surface area contributed by atoms with E-state index in [9.17, 15) is 19.9 Å². The van der Waals surface area contributed by atoms with Crippen LogP contribution in [0.3, 0.4) is 0 Å². The minimum atomic E-state index is -2.00. The molecule has 0 aliphatic carbocycles. The maximum absolute atomic E-state index is 11.8. The average Bonchev–Trinajstić information content (AvgIpc) is 2.41. The quantitative estimate of drug-likeness (QED) is 0.279. The topological polar surface area (TPSA) is 121 Å². The summed E-state index contributed by atoms with van der Waals surface area (Å²) in [5, 5.41) is 25.5. The Balaban J connectivity index is 2.80. The van der Waals surface area contributed by atoms with Gasteiger partial charge < -0.3 is 25.0 Å². The van der Waals surface area contributed by atoms with Gasteiger partial charge in [-0.3, -0.25) is 0 Å². The van der Waals surface area contributed by atoms with Crippen molar-refractivity contribution in [1.82, 2.24) is 10.3 Å². The van der Waals surface area contributed by atoms with Crippen LogP contribution in [0, 0.1) is 4.91 Å². The smallest absolute Gasteiger partial charge is 0.342 e. The highest BCUT2D eigenvalue weighted by molar-refractivity contribution is 6.18. The Morgan fingerprint density at radius 3 is 2.85 bits per heavy atom. The van der Waals surface area contributed by atoms with Crippen LogP contribution in [0.1, 0.15) is 13.3 Å². The fourth-order valence-corrected chi connectivity index (χ4v) is 2.06. The molecule has 0 aromatic carbocycles. The van der Waals surface area contributed by atoms with E-state index in [-0.39, 0.29) is 18.8 Å². The molecule has 1 saturated heterocycles. The zero-order chi connectivity index (χ0) is 15.3. The second kappa shape index (κ2) is 7.14. The Kier molecular flexibility index (Phi) is 6.08. The van der Waals surface area contributed by atoms with Crippen molar-refractivity contribution in [3.05, 3.63) is 4.91 Å². The Labute approximate surface area is 120 Å². The number of rotatable bonds is 5. The Morgan fingerprint density at radius 1 is 1.70 bits per heavy atom. The molecule has 3 N–H and O–H groups in total. The molecule has 1 aliphatic heterocycles. The van der Waals surface area contributed by atoms with Crippen LogP contribution in [0.25, 0.3) is 0 Å². The molecule has 0 saturated carbocycles. The van der Waals surface area contributed by atoms with Crippen molar-refractivity contribution in [2.24, 2.45) is 5.29 Å². The summed E-state index contributed by atoms with van der Waals surface area (Å²) in [6, 6.07) is -0.967. The van der Waals surface area contributed by atoms with Crippen LogP contribution in [-0.2, 0) is 9.47 Å². The summed E-state index contributed by atoms with van der Waals surface area (Å²) in [4.78, 5) is 22.3. The average molecular weight is 312 g/mol. The van der Waals surface area contributed by atoms with Gasteiger partial charge in [0.1, 0.15) is 6.10 Å². The SMILES string of the molecule is CO[C@H]1C[C@](O)(NC(=O)N(CCCl)N=O)[C@H](O)[C@@H](C)O1. The predicted octanol–water partition coefficient (Wildman–Crippen LogP) is -0.251. The lowest BCUT2D eigenvalue weighted by Crippen LogP contribution is -2.66. The first-order chi connectivity index (χ1) is 9.37. The van der Waals surface area contributed by atoms with Crippen molar-refractivity contribution < 1.29 is 24.5 Å². The van der Waals surface area contributed by atoms with E-state index in [1.165, 1.54) is 14.0 Å². The summed E-state index contributed by atoms with van der Waals surface area (Å²) in [5.41, 5.74) is -2.00. The summed E-state index contributed by atoms with van der Waals surface area (Å²) >= 11 is 5.42. The summed E-state index contributed by atoms with van der Waals surface area (Å²) in [5.74, 6) is 0.000349. The highest BCUT2D eigenvalue weighted by Gasteiger charge is 2.48. The molecule has 1 fully saturated rings. The van der Waals surface area contributed by atoms with E-state index in [2.05, 4.69) is 10.6 Å². The summed E-state index contributed by atoms with van der Waals surface area (Å²) < 4.78 is 10.2. The number of nitroso groups, excluding NO2 is 1. The molecule has 1 rings (SSSR count). The van der Waals surface area contributed by atoms with Crippen LogP contribution in [-0.4, -0.2) is 65.0 Å². The van der Waals surface area contributed by atoms with Crippen LogP contribution in [0.4, 0.5) is 4.79 Å². The number of ether oxygens (including phenoxy) is 2. The van der Waals surface area contributed by atoms with Crippen LogP contribution >= 0.6 is 11.6 Å². The lowest BCUT2D eigenvalue weighted by atomic mass is 9.95. The molecule has 0 bridgehead atoms. The van der Waals surface area contributed by atoms with E-state index in [0.29, 0.717) is 5.01 Å². The van der Waals surface area contributed by atoms with Crippen LogP contribution in [0.2, 0.25) is 0 Å². The summed E-state index contributed by atoms with van der Waals surface area (Å²) in [7, 11) is 1.37. The minimum absolute atomic E-state index is 0.000349. The van der Waals surface area contributed by atoms with Gasteiger partial charge in [-0.25, -0.2) is 4.79 Å². The number of carbonyl (C=O) groups excluding carboxylic acids is 1. The lowest BCUT2D eigenvalue weighted by Gasteiger charge is -2.43. The maximum atomic E-state index is 11.8. The third-order valence-corrected chi connectivity index (χ3v) is 3.16. The van der Waals surface area contributed by atoms with E-state index in [1.54, 1.807) is 0 Å². The molecule has 0 aromatic rings. The third kappa shape index (κ3) is 3.76. The van der Waals surface area contributed by atoms with Crippen molar-refractivity contribution in [3.8, 4) is 0 Å². The number of alkyl halides is 1. The molecular formula is C10H18ClN3O6. The lowest BCUT2D eigenvalue weighted by molar-refractivity contribution is -0.274. The largest absolute Gasteiger partial charge is 0.385 e. The third-order valence-electron chi connectivity index (χ3n) is 2.99. The second-order valence-electron chi connectivity index (χ2n) is 4.40. The predicted molar refractivity (Wildman–Crippen MR) is 68.7 cm³/mol. The highest BCUT2D eigenvalue weighted by atomic mass is 35.5. The number of halogens is 1. The number of urea groups is 1. The zero-order valence-electron chi connectivity index (χ0n) is 11.2. The van der Waals surface area contributed by atoms with Crippen LogP contribution < -0.4 is 5.32 Å².